The summed E-state index contributed by atoms with van der Waals surface area (Å²) in [7, 11) is 0. The highest BCUT2D eigenvalue weighted by atomic mass is 16.5. The van der Waals surface area contributed by atoms with E-state index in [1.165, 1.54) is 0 Å². The molecule has 0 unspecified atom stereocenters. The van der Waals surface area contributed by atoms with E-state index in [1.807, 2.05) is 6.92 Å². The van der Waals surface area contributed by atoms with E-state index in [4.69, 9.17) is 4.74 Å². The molecule has 1 aliphatic rings. The second-order valence-corrected chi connectivity index (χ2v) is 4.25. The van der Waals surface area contributed by atoms with E-state index in [0.29, 0.717) is 12.6 Å². The van der Waals surface area contributed by atoms with Crippen LogP contribution in [0.15, 0.2) is 0 Å². The van der Waals surface area contributed by atoms with Gasteiger partial charge in [-0.1, -0.05) is 13.8 Å². The average molecular weight is 187 g/mol. The fourth-order valence-electron chi connectivity index (χ4n) is 1.68. The second kappa shape index (κ2) is 4.40. The van der Waals surface area contributed by atoms with E-state index in [2.05, 4.69) is 19.2 Å². The Morgan fingerprint density at radius 3 is 2.62 bits per heavy atom. The van der Waals surface area contributed by atoms with Crippen LogP contribution in [0.25, 0.3) is 0 Å². The van der Waals surface area contributed by atoms with Gasteiger partial charge in [0.15, 0.2) is 0 Å². The summed E-state index contributed by atoms with van der Waals surface area (Å²) >= 11 is 0. The molecular weight excluding hydrogens is 166 g/mol. The fourth-order valence-corrected chi connectivity index (χ4v) is 1.68. The van der Waals surface area contributed by atoms with Crippen LogP contribution in [0.1, 0.15) is 33.6 Å². The lowest BCUT2D eigenvalue weighted by Gasteiger charge is -2.43. The molecule has 0 radical (unpaired) electrons. The minimum atomic E-state index is -0.510. The first-order chi connectivity index (χ1) is 6.06. The van der Waals surface area contributed by atoms with E-state index in [0.717, 1.165) is 19.4 Å². The Kier molecular flexibility index (Phi) is 3.71. The quantitative estimate of drug-likeness (QED) is 0.672. The minimum absolute atomic E-state index is 0.281. The van der Waals surface area contributed by atoms with Crippen molar-refractivity contribution in [1.82, 2.24) is 5.32 Å². The highest BCUT2D eigenvalue weighted by Gasteiger charge is 2.42. The van der Waals surface area contributed by atoms with Gasteiger partial charge in [-0.2, -0.15) is 0 Å². The zero-order valence-electron chi connectivity index (χ0n) is 8.84. The normalized spacial score (nSPS) is 33.5. The van der Waals surface area contributed by atoms with E-state index in [-0.39, 0.29) is 6.10 Å². The Bertz CT molecular complexity index is 153. The Morgan fingerprint density at radius 2 is 2.15 bits per heavy atom. The molecule has 0 heterocycles. The van der Waals surface area contributed by atoms with Gasteiger partial charge in [0.05, 0.1) is 11.7 Å². The molecule has 0 aromatic rings. The molecule has 0 aromatic heterocycles. The largest absolute Gasteiger partial charge is 0.388 e. The molecule has 1 fully saturated rings. The van der Waals surface area contributed by atoms with Crippen LogP contribution in [-0.4, -0.2) is 36.0 Å². The van der Waals surface area contributed by atoms with Gasteiger partial charge in [0.2, 0.25) is 0 Å². The summed E-state index contributed by atoms with van der Waals surface area (Å²) in [5, 5.41) is 13.2. The molecule has 0 aromatic carbocycles. The van der Waals surface area contributed by atoms with E-state index in [1.54, 1.807) is 0 Å². The topological polar surface area (TPSA) is 41.5 Å². The molecule has 13 heavy (non-hydrogen) atoms. The lowest BCUT2D eigenvalue weighted by atomic mass is 9.77. The first-order valence-corrected chi connectivity index (χ1v) is 5.13. The van der Waals surface area contributed by atoms with Crippen LogP contribution in [0, 0.1) is 0 Å². The molecule has 2 N–H and O–H groups in total. The predicted molar refractivity (Wildman–Crippen MR) is 52.7 cm³/mol. The summed E-state index contributed by atoms with van der Waals surface area (Å²) in [4.78, 5) is 0. The summed E-state index contributed by atoms with van der Waals surface area (Å²) in [5.41, 5.74) is -0.510. The molecule has 0 aliphatic heterocycles. The van der Waals surface area contributed by atoms with E-state index < -0.39 is 5.60 Å². The van der Waals surface area contributed by atoms with Crippen LogP contribution in [0.4, 0.5) is 0 Å². The lowest BCUT2D eigenvalue weighted by molar-refractivity contribution is -0.135. The van der Waals surface area contributed by atoms with Crippen LogP contribution in [-0.2, 0) is 4.74 Å². The average Bonchev–Trinajstić information content (AvgIpc) is 1.99. The van der Waals surface area contributed by atoms with Gasteiger partial charge in [0.25, 0.3) is 0 Å². The van der Waals surface area contributed by atoms with E-state index >= 15 is 0 Å². The number of hydrogen-bond donors (Lipinski definition) is 2. The van der Waals surface area contributed by atoms with Gasteiger partial charge in [-0.25, -0.2) is 0 Å². The summed E-state index contributed by atoms with van der Waals surface area (Å²) in [6.07, 6.45) is 1.84. The highest BCUT2D eigenvalue weighted by Crippen LogP contribution is 2.33. The molecule has 1 aliphatic carbocycles. The third-order valence-corrected chi connectivity index (χ3v) is 2.46. The van der Waals surface area contributed by atoms with Gasteiger partial charge in [0, 0.05) is 32.0 Å². The smallest absolute Gasteiger partial charge is 0.0821 e. The summed E-state index contributed by atoms with van der Waals surface area (Å²) in [5.74, 6) is 0. The van der Waals surface area contributed by atoms with Crippen molar-refractivity contribution in [2.45, 2.75) is 51.4 Å². The fraction of sp³-hybridized carbons (Fsp3) is 1.00. The number of aliphatic hydroxyl groups is 1. The Morgan fingerprint density at radius 1 is 1.54 bits per heavy atom. The number of hydrogen-bond acceptors (Lipinski definition) is 3. The first-order valence-electron chi connectivity index (χ1n) is 5.13. The van der Waals surface area contributed by atoms with Crippen molar-refractivity contribution >= 4 is 0 Å². The molecule has 0 spiro atoms. The molecule has 78 valence electrons. The second-order valence-electron chi connectivity index (χ2n) is 4.25. The van der Waals surface area contributed by atoms with Crippen LogP contribution in [0.3, 0.4) is 0 Å². The van der Waals surface area contributed by atoms with Crippen molar-refractivity contribution in [1.29, 1.82) is 0 Å². The van der Waals surface area contributed by atoms with Gasteiger partial charge >= 0.3 is 0 Å². The van der Waals surface area contributed by atoms with Crippen LogP contribution >= 0.6 is 0 Å². The summed E-state index contributed by atoms with van der Waals surface area (Å²) in [6, 6.07) is 0.440. The molecule has 1 rings (SSSR count). The monoisotopic (exact) mass is 187 g/mol. The van der Waals surface area contributed by atoms with Crippen LogP contribution in [0.5, 0.6) is 0 Å². The van der Waals surface area contributed by atoms with Crippen LogP contribution < -0.4 is 5.32 Å². The maximum Gasteiger partial charge on any atom is 0.0821 e. The number of ether oxygens (including phenoxy) is 1. The van der Waals surface area contributed by atoms with Crippen molar-refractivity contribution < 1.29 is 9.84 Å². The molecule has 3 nitrogen and oxygen atoms in total. The molecule has 0 bridgehead atoms. The summed E-state index contributed by atoms with van der Waals surface area (Å²) < 4.78 is 5.39. The maximum absolute atomic E-state index is 9.91. The lowest BCUT2D eigenvalue weighted by Crippen LogP contribution is -2.55. The minimum Gasteiger partial charge on any atom is -0.388 e. The van der Waals surface area contributed by atoms with Gasteiger partial charge < -0.3 is 15.2 Å². The zero-order valence-corrected chi connectivity index (χ0v) is 8.84. The Hall–Kier alpha value is -0.120. The van der Waals surface area contributed by atoms with Gasteiger partial charge in [-0.15, -0.1) is 0 Å². The maximum atomic E-state index is 9.91. The van der Waals surface area contributed by atoms with Crippen molar-refractivity contribution in [2.75, 3.05) is 13.2 Å². The zero-order chi connectivity index (χ0) is 9.90. The van der Waals surface area contributed by atoms with Gasteiger partial charge in [0.1, 0.15) is 0 Å². The number of rotatable bonds is 5. The predicted octanol–water partition coefficient (Wildman–Crippen LogP) is 0.914. The molecular formula is C10H21NO2. The van der Waals surface area contributed by atoms with Gasteiger partial charge in [-0.05, 0) is 6.92 Å². The van der Waals surface area contributed by atoms with E-state index in [9.17, 15) is 5.11 Å². The molecule has 1 saturated carbocycles. The SMILES string of the molecule is CCOC1CC(O)(CNC(C)C)C1. The third kappa shape index (κ3) is 3.25. The van der Waals surface area contributed by atoms with Crippen molar-refractivity contribution in [3.05, 3.63) is 0 Å². The summed E-state index contributed by atoms with van der Waals surface area (Å²) in [6.45, 7) is 7.60. The Balaban J connectivity index is 2.14. The highest BCUT2D eigenvalue weighted by molar-refractivity contribution is 4.96. The molecule has 0 amide bonds. The van der Waals surface area contributed by atoms with Crippen molar-refractivity contribution in [3.8, 4) is 0 Å². The molecule has 3 heteroatoms. The molecule has 0 saturated heterocycles. The first kappa shape index (κ1) is 11.0. The third-order valence-electron chi connectivity index (χ3n) is 2.46. The van der Waals surface area contributed by atoms with Crippen LogP contribution in [0.2, 0.25) is 0 Å². The molecule has 0 atom stereocenters. The number of nitrogens with one attached hydrogen (secondary N) is 1. The standard InChI is InChI=1S/C10H21NO2/c1-4-13-9-5-10(12,6-9)7-11-8(2)3/h8-9,11-12H,4-7H2,1-3H3. The van der Waals surface area contributed by atoms with Gasteiger partial charge in [-0.3, -0.25) is 0 Å². The van der Waals surface area contributed by atoms with Crippen molar-refractivity contribution in [3.63, 3.8) is 0 Å². The van der Waals surface area contributed by atoms with Crippen molar-refractivity contribution in [2.24, 2.45) is 0 Å². The Labute approximate surface area is 80.5 Å².